The van der Waals surface area contributed by atoms with Crippen molar-refractivity contribution in [3.63, 3.8) is 0 Å². The SMILES string of the molecule is CCOC(=O)c1cnc(SC)nc1Nc1cccc(-c2ccc(OC)c(OC)c2)c1. The van der Waals surface area contributed by atoms with Gasteiger partial charge in [0, 0.05) is 11.9 Å². The summed E-state index contributed by atoms with van der Waals surface area (Å²) in [7, 11) is 3.21. The molecule has 3 rings (SSSR count). The molecule has 0 saturated heterocycles. The maximum atomic E-state index is 12.3. The second-order valence-corrected chi connectivity index (χ2v) is 6.89. The molecule has 0 atom stereocenters. The smallest absolute Gasteiger partial charge is 0.343 e. The summed E-state index contributed by atoms with van der Waals surface area (Å²) in [6.45, 7) is 2.03. The zero-order valence-electron chi connectivity index (χ0n) is 17.3. The van der Waals surface area contributed by atoms with Crippen LogP contribution in [-0.4, -0.2) is 43.0 Å². The second-order valence-electron chi connectivity index (χ2n) is 6.12. The van der Waals surface area contributed by atoms with Crippen molar-refractivity contribution >= 4 is 29.2 Å². The second kappa shape index (κ2) is 9.98. The Bertz CT molecular complexity index is 1040. The van der Waals surface area contributed by atoms with Gasteiger partial charge < -0.3 is 19.5 Å². The maximum Gasteiger partial charge on any atom is 0.343 e. The first-order valence-corrected chi connectivity index (χ1v) is 10.5. The van der Waals surface area contributed by atoms with Gasteiger partial charge in [0.15, 0.2) is 16.7 Å². The highest BCUT2D eigenvalue weighted by atomic mass is 32.2. The largest absolute Gasteiger partial charge is 0.493 e. The summed E-state index contributed by atoms with van der Waals surface area (Å²) in [6.07, 6.45) is 3.36. The van der Waals surface area contributed by atoms with Crippen LogP contribution in [0.4, 0.5) is 11.5 Å². The topological polar surface area (TPSA) is 82.6 Å². The number of anilines is 2. The number of esters is 1. The van der Waals surface area contributed by atoms with Gasteiger partial charge in [-0.2, -0.15) is 0 Å². The Morgan fingerprint density at radius 2 is 1.83 bits per heavy atom. The highest BCUT2D eigenvalue weighted by Gasteiger charge is 2.16. The minimum atomic E-state index is -0.469. The standard InChI is InChI=1S/C22H23N3O4S/c1-5-29-21(26)17-13-23-22(30-4)25-20(17)24-16-8-6-7-14(11-16)15-9-10-18(27-2)19(12-15)28-3/h6-13H,5H2,1-4H3,(H,23,24,25). The van der Waals surface area contributed by atoms with Crippen LogP contribution in [0.5, 0.6) is 11.5 Å². The highest BCUT2D eigenvalue weighted by Crippen LogP contribution is 2.33. The predicted molar refractivity (Wildman–Crippen MR) is 118 cm³/mol. The maximum absolute atomic E-state index is 12.3. The summed E-state index contributed by atoms with van der Waals surface area (Å²) in [5.74, 6) is 1.25. The van der Waals surface area contributed by atoms with Crippen LogP contribution in [-0.2, 0) is 4.74 Å². The summed E-state index contributed by atoms with van der Waals surface area (Å²) < 4.78 is 15.8. The van der Waals surface area contributed by atoms with Crippen molar-refractivity contribution in [2.45, 2.75) is 12.1 Å². The molecular weight excluding hydrogens is 402 g/mol. The molecule has 0 amide bonds. The Kier molecular flexibility index (Phi) is 7.13. The van der Waals surface area contributed by atoms with E-state index in [1.807, 2.05) is 48.7 Å². The van der Waals surface area contributed by atoms with Gasteiger partial charge in [0.25, 0.3) is 0 Å². The highest BCUT2D eigenvalue weighted by molar-refractivity contribution is 7.98. The lowest BCUT2D eigenvalue weighted by molar-refractivity contribution is 0.0526. The lowest BCUT2D eigenvalue weighted by atomic mass is 10.0. The summed E-state index contributed by atoms with van der Waals surface area (Å²) >= 11 is 1.39. The van der Waals surface area contributed by atoms with E-state index in [1.165, 1.54) is 18.0 Å². The third kappa shape index (κ3) is 4.83. The lowest BCUT2D eigenvalue weighted by Crippen LogP contribution is -2.10. The molecule has 0 spiro atoms. The van der Waals surface area contributed by atoms with Gasteiger partial charge in [0.05, 0.1) is 20.8 Å². The molecule has 0 aliphatic rings. The lowest BCUT2D eigenvalue weighted by Gasteiger charge is -2.13. The molecule has 2 aromatic carbocycles. The molecule has 1 aromatic heterocycles. The van der Waals surface area contributed by atoms with Crippen LogP contribution in [0.3, 0.4) is 0 Å². The van der Waals surface area contributed by atoms with Gasteiger partial charge in [-0.1, -0.05) is 30.0 Å². The number of thioether (sulfide) groups is 1. The van der Waals surface area contributed by atoms with Gasteiger partial charge >= 0.3 is 5.97 Å². The third-order valence-corrected chi connectivity index (χ3v) is 4.85. The van der Waals surface area contributed by atoms with Crippen LogP contribution in [0.25, 0.3) is 11.1 Å². The van der Waals surface area contributed by atoms with E-state index in [2.05, 4.69) is 15.3 Å². The Hall–Kier alpha value is -3.26. The molecule has 8 heteroatoms. The van der Waals surface area contributed by atoms with Crippen molar-refractivity contribution in [2.24, 2.45) is 0 Å². The van der Waals surface area contributed by atoms with Crippen LogP contribution in [0.15, 0.2) is 53.8 Å². The van der Waals surface area contributed by atoms with Gasteiger partial charge in [0.2, 0.25) is 0 Å². The number of carbonyl (C=O) groups is 1. The molecule has 0 fully saturated rings. The molecule has 1 N–H and O–H groups in total. The molecule has 0 unspecified atom stereocenters. The van der Waals surface area contributed by atoms with Crippen LogP contribution >= 0.6 is 11.8 Å². The number of nitrogens with zero attached hydrogens (tertiary/aromatic N) is 2. The number of benzene rings is 2. The van der Waals surface area contributed by atoms with E-state index in [-0.39, 0.29) is 12.2 Å². The Balaban J connectivity index is 1.95. The molecule has 1 heterocycles. The molecule has 156 valence electrons. The van der Waals surface area contributed by atoms with Crippen molar-refractivity contribution in [1.29, 1.82) is 0 Å². The van der Waals surface area contributed by atoms with E-state index in [0.29, 0.717) is 22.5 Å². The first-order valence-electron chi connectivity index (χ1n) is 9.27. The fourth-order valence-electron chi connectivity index (χ4n) is 2.85. The minimum absolute atomic E-state index is 0.275. The molecule has 7 nitrogen and oxygen atoms in total. The Morgan fingerprint density at radius 3 is 2.53 bits per heavy atom. The van der Waals surface area contributed by atoms with E-state index in [4.69, 9.17) is 14.2 Å². The summed E-state index contributed by atoms with van der Waals surface area (Å²) in [5.41, 5.74) is 3.00. The fraction of sp³-hybridized carbons (Fsp3) is 0.227. The van der Waals surface area contributed by atoms with Crippen LogP contribution < -0.4 is 14.8 Å². The van der Waals surface area contributed by atoms with E-state index in [9.17, 15) is 4.79 Å². The van der Waals surface area contributed by atoms with Crippen LogP contribution in [0.2, 0.25) is 0 Å². The summed E-state index contributed by atoms with van der Waals surface area (Å²) in [6, 6.07) is 13.5. The fourth-order valence-corrected chi connectivity index (χ4v) is 3.19. The van der Waals surface area contributed by atoms with E-state index in [1.54, 1.807) is 21.1 Å². The van der Waals surface area contributed by atoms with Crippen molar-refractivity contribution in [3.8, 4) is 22.6 Å². The summed E-state index contributed by atoms with van der Waals surface area (Å²) in [5, 5.41) is 3.78. The Labute approximate surface area is 179 Å². The van der Waals surface area contributed by atoms with Gasteiger partial charge in [-0.05, 0) is 48.6 Å². The number of ether oxygens (including phenoxy) is 3. The van der Waals surface area contributed by atoms with Gasteiger partial charge in [0.1, 0.15) is 11.4 Å². The van der Waals surface area contributed by atoms with Gasteiger partial charge in [-0.3, -0.25) is 0 Å². The van der Waals surface area contributed by atoms with E-state index < -0.39 is 5.97 Å². The zero-order chi connectivity index (χ0) is 21.5. The number of hydrogen-bond donors (Lipinski definition) is 1. The molecule has 0 saturated carbocycles. The molecule has 30 heavy (non-hydrogen) atoms. The first kappa shape index (κ1) is 21.4. The number of rotatable bonds is 8. The van der Waals surface area contributed by atoms with Crippen molar-refractivity contribution in [3.05, 3.63) is 54.2 Å². The van der Waals surface area contributed by atoms with Crippen LogP contribution in [0, 0.1) is 0 Å². The van der Waals surface area contributed by atoms with E-state index in [0.717, 1.165) is 16.8 Å². The molecule has 0 bridgehead atoms. The molecule has 0 aliphatic carbocycles. The average Bonchev–Trinajstić information content (AvgIpc) is 2.78. The number of aromatic nitrogens is 2. The normalized spacial score (nSPS) is 10.4. The van der Waals surface area contributed by atoms with Gasteiger partial charge in [-0.15, -0.1) is 0 Å². The summed E-state index contributed by atoms with van der Waals surface area (Å²) in [4.78, 5) is 20.9. The zero-order valence-corrected chi connectivity index (χ0v) is 18.1. The molecule has 0 radical (unpaired) electrons. The van der Waals surface area contributed by atoms with Crippen molar-refractivity contribution in [2.75, 3.05) is 32.4 Å². The quantitative estimate of drug-likeness (QED) is 0.313. The molecule has 3 aromatic rings. The predicted octanol–water partition coefficient (Wildman–Crippen LogP) is 4.80. The third-order valence-electron chi connectivity index (χ3n) is 4.29. The van der Waals surface area contributed by atoms with Crippen molar-refractivity contribution < 1.29 is 19.0 Å². The van der Waals surface area contributed by atoms with Crippen LogP contribution in [0.1, 0.15) is 17.3 Å². The van der Waals surface area contributed by atoms with Crippen molar-refractivity contribution in [1.82, 2.24) is 9.97 Å². The number of hydrogen-bond acceptors (Lipinski definition) is 8. The minimum Gasteiger partial charge on any atom is -0.493 e. The van der Waals surface area contributed by atoms with Gasteiger partial charge in [-0.25, -0.2) is 14.8 Å². The molecular formula is C22H23N3O4S. The van der Waals surface area contributed by atoms with E-state index >= 15 is 0 Å². The molecule has 0 aliphatic heterocycles. The monoisotopic (exact) mass is 425 g/mol. The number of carbonyl (C=O) groups excluding carboxylic acids is 1. The number of nitrogens with one attached hydrogen (secondary N) is 1. The Morgan fingerprint density at radius 1 is 1.07 bits per heavy atom. The first-order chi connectivity index (χ1) is 14.6. The average molecular weight is 426 g/mol. The number of methoxy groups -OCH3 is 2.